The second-order valence-corrected chi connectivity index (χ2v) is 8.16. The number of imidazole rings is 1. The molecule has 0 saturated heterocycles. The molecule has 0 aliphatic heterocycles. The summed E-state index contributed by atoms with van der Waals surface area (Å²) in [6.45, 7) is 0.591. The van der Waals surface area contributed by atoms with Gasteiger partial charge in [-0.15, -0.1) is 0 Å². The van der Waals surface area contributed by atoms with Gasteiger partial charge in [-0.1, -0.05) is 42.1 Å². The molecule has 10 heteroatoms. The van der Waals surface area contributed by atoms with Crippen LogP contribution in [0.4, 0.5) is 13.2 Å². The lowest BCUT2D eigenvalue weighted by molar-refractivity contribution is -0.137. The molecule has 3 aromatic rings. The predicted octanol–water partition coefficient (Wildman–Crippen LogP) is 6.19. The Hall–Kier alpha value is -1.71. The largest absolute Gasteiger partial charge is 0.417 e. The zero-order valence-corrected chi connectivity index (χ0v) is 18.6. The van der Waals surface area contributed by atoms with Gasteiger partial charge >= 0.3 is 6.18 Å². The monoisotopic (exact) mass is 489 g/mol. The van der Waals surface area contributed by atoms with Crippen LogP contribution in [0.3, 0.4) is 0 Å². The molecule has 1 unspecified atom stereocenters. The number of benzene rings is 2. The number of rotatable bonds is 8. The smallest absolute Gasteiger partial charge is 0.393 e. The molecule has 1 heterocycles. The van der Waals surface area contributed by atoms with E-state index in [0.29, 0.717) is 47.9 Å². The number of aromatic nitrogens is 2. The van der Waals surface area contributed by atoms with Gasteiger partial charge in [-0.25, -0.2) is 4.98 Å². The Morgan fingerprint density at radius 2 is 1.77 bits per heavy atom. The molecule has 1 atom stereocenters. The number of aliphatic hydroxyl groups excluding tert-OH is 1. The van der Waals surface area contributed by atoms with Crippen LogP contribution in [0.1, 0.15) is 24.0 Å². The molecule has 3 rings (SSSR count). The molecule has 3 N–H and O–H groups in total. The van der Waals surface area contributed by atoms with E-state index in [-0.39, 0.29) is 5.02 Å². The highest BCUT2D eigenvalue weighted by atomic mass is 35.5. The molecule has 31 heavy (non-hydrogen) atoms. The molecule has 0 saturated carbocycles. The SMILES string of the molecule is OC(CCNS)CCc1cc(-c2ncc(-c3ccc(Cl)c(C(F)(F)F)c3)[nH]2)ccc1Cl. The van der Waals surface area contributed by atoms with Gasteiger partial charge in [0, 0.05) is 22.7 Å². The van der Waals surface area contributed by atoms with Crippen molar-refractivity contribution in [1.82, 2.24) is 14.7 Å². The van der Waals surface area contributed by atoms with E-state index in [0.717, 1.165) is 17.2 Å². The molecule has 166 valence electrons. The van der Waals surface area contributed by atoms with Crippen molar-refractivity contribution in [2.24, 2.45) is 0 Å². The molecule has 0 fully saturated rings. The number of H-pyrrole nitrogens is 1. The molecule has 0 aliphatic rings. The predicted molar refractivity (Wildman–Crippen MR) is 120 cm³/mol. The van der Waals surface area contributed by atoms with Crippen LogP contribution < -0.4 is 4.72 Å². The van der Waals surface area contributed by atoms with Gasteiger partial charge in [0.25, 0.3) is 0 Å². The van der Waals surface area contributed by atoms with E-state index in [2.05, 4.69) is 27.5 Å². The number of nitrogens with zero attached hydrogens (tertiary/aromatic N) is 1. The number of halogens is 5. The molecule has 0 bridgehead atoms. The molecule has 0 amide bonds. The lowest BCUT2D eigenvalue weighted by Gasteiger charge is -2.11. The number of alkyl halides is 3. The Bertz CT molecular complexity index is 1040. The average molecular weight is 490 g/mol. The average Bonchev–Trinajstić information content (AvgIpc) is 3.21. The summed E-state index contributed by atoms with van der Waals surface area (Å²) in [6.07, 6.45) is -1.88. The van der Waals surface area contributed by atoms with Gasteiger partial charge in [-0.2, -0.15) is 13.2 Å². The van der Waals surface area contributed by atoms with Crippen molar-refractivity contribution < 1.29 is 18.3 Å². The minimum atomic E-state index is -4.55. The van der Waals surface area contributed by atoms with Crippen molar-refractivity contribution in [3.8, 4) is 22.6 Å². The zero-order valence-electron chi connectivity index (χ0n) is 16.2. The van der Waals surface area contributed by atoms with Crippen LogP contribution in [0.15, 0.2) is 42.6 Å². The molecule has 1 aromatic heterocycles. The van der Waals surface area contributed by atoms with Crippen molar-refractivity contribution in [3.63, 3.8) is 0 Å². The van der Waals surface area contributed by atoms with E-state index in [1.165, 1.54) is 18.3 Å². The Labute approximate surface area is 193 Å². The van der Waals surface area contributed by atoms with Gasteiger partial charge in [0.15, 0.2) is 0 Å². The number of aryl methyl sites for hydroxylation is 1. The first-order valence-electron chi connectivity index (χ1n) is 9.45. The first-order valence-corrected chi connectivity index (χ1v) is 10.7. The van der Waals surface area contributed by atoms with Crippen LogP contribution >= 0.6 is 36.0 Å². The van der Waals surface area contributed by atoms with Gasteiger partial charge in [-0.3, -0.25) is 4.72 Å². The van der Waals surface area contributed by atoms with Gasteiger partial charge in [0.2, 0.25) is 0 Å². The summed E-state index contributed by atoms with van der Waals surface area (Å²) in [6, 6.07) is 9.09. The minimum absolute atomic E-state index is 0.325. The normalized spacial score (nSPS) is 12.9. The zero-order chi connectivity index (χ0) is 22.6. The van der Waals surface area contributed by atoms with E-state index in [9.17, 15) is 18.3 Å². The minimum Gasteiger partial charge on any atom is -0.393 e. The third-order valence-electron chi connectivity index (χ3n) is 4.81. The lowest BCUT2D eigenvalue weighted by Crippen LogP contribution is -2.14. The number of aromatic amines is 1. The van der Waals surface area contributed by atoms with E-state index >= 15 is 0 Å². The third kappa shape index (κ3) is 6.17. The van der Waals surface area contributed by atoms with Crippen LogP contribution in [-0.2, 0) is 12.6 Å². The fourth-order valence-corrected chi connectivity index (χ4v) is 3.70. The molecule has 2 aromatic carbocycles. The van der Waals surface area contributed by atoms with Gasteiger partial charge < -0.3 is 10.1 Å². The summed E-state index contributed by atoms with van der Waals surface area (Å²) in [4.78, 5) is 7.36. The topological polar surface area (TPSA) is 60.9 Å². The van der Waals surface area contributed by atoms with Crippen LogP contribution in [-0.4, -0.2) is 27.7 Å². The number of hydrogen-bond acceptors (Lipinski definition) is 4. The van der Waals surface area contributed by atoms with Crippen molar-refractivity contribution in [1.29, 1.82) is 0 Å². The molecule has 4 nitrogen and oxygen atoms in total. The van der Waals surface area contributed by atoms with Crippen LogP contribution in [0, 0.1) is 0 Å². The third-order valence-corrected chi connectivity index (χ3v) is 5.74. The summed E-state index contributed by atoms with van der Waals surface area (Å²) < 4.78 is 42.1. The maximum Gasteiger partial charge on any atom is 0.417 e. The van der Waals surface area contributed by atoms with Crippen molar-refractivity contribution >= 4 is 36.0 Å². The van der Waals surface area contributed by atoms with Gasteiger partial charge in [0.05, 0.1) is 28.6 Å². The fourth-order valence-electron chi connectivity index (χ4n) is 3.14. The summed E-state index contributed by atoms with van der Waals surface area (Å²) in [5.74, 6) is 0.497. The number of hydrogen-bond donors (Lipinski definition) is 4. The van der Waals surface area contributed by atoms with Gasteiger partial charge in [0.1, 0.15) is 5.82 Å². The summed E-state index contributed by atoms with van der Waals surface area (Å²) >= 11 is 15.9. The van der Waals surface area contributed by atoms with E-state index < -0.39 is 17.8 Å². The Kier molecular flexibility index (Phi) is 7.93. The van der Waals surface area contributed by atoms with Crippen LogP contribution in [0.2, 0.25) is 10.0 Å². The lowest BCUT2D eigenvalue weighted by atomic mass is 10.0. The quantitative estimate of drug-likeness (QED) is 0.285. The molecular formula is C21H20Cl2F3N3OS. The van der Waals surface area contributed by atoms with Gasteiger partial charge in [-0.05, 0) is 55.2 Å². The molecule has 0 aliphatic carbocycles. The highest BCUT2D eigenvalue weighted by molar-refractivity contribution is 7.78. The number of thiol groups is 1. The Morgan fingerprint density at radius 1 is 1.06 bits per heavy atom. The highest BCUT2D eigenvalue weighted by Gasteiger charge is 2.33. The maximum absolute atomic E-state index is 13.1. The van der Waals surface area contributed by atoms with E-state index in [1.807, 2.05) is 6.07 Å². The van der Waals surface area contributed by atoms with E-state index in [4.69, 9.17) is 23.2 Å². The molecular weight excluding hydrogens is 470 g/mol. The van der Waals surface area contributed by atoms with Crippen molar-refractivity contribution in [3.05, 3.63) is 63.8 Å². The summed E-state index contributed by atoms with van der Waals surface area (Å²) in [5, 5.41) is 10.2. The first-order chi connectivity index (χ1) is 14.7. The second-order valence-electron chi connectivity index (χ2n) is 7.03. The number of nitrogens with one attached hydrogen (secondary N) is 2. The Morgan fingerprint density at radius 3 is 2.48 bits per heavy atom. The summed E-state index contributed by atoms with van der Waals surface area (Å²) in [5.41, 5.74) is 1.44. The first kappa shape index (κ1) is 23.9. The molecule has 0 radical (unpaired) electrons. The van der Waals surface area contributed by atoms with E-state index in [1.54, 1.807) is 12.1 Å². The van der Waals surface area contributed by atoms with Crippen molar-refractivity contribution in [2.75, 3.05) is 6.54 Å². The maximum atomic E-state index is 13.1. The van der Waals surface area contributed by atoms with Crippen LogP contribution in [0.25, 0.3) is 22.6 Å². The molecule has 0 spiro atoms. The standard InChI is InChI=1S/C21H20Cl2F3N3OS/c22-17-5-3-14(9-12(17)1-4-15(30)7-8-28-31)20-27-11-19(29-20)13-2-6-18(23)16(10-13)21(24,25)26/h2-3,5-6,9-11,15,28,30-31H,1,4,7-8H2,(H,27,29). The Balaban J connectivity index is 1.81. The summed E-state index contributed by atoms with van der Waals surface area (Å²) in [7, 11) is 0. The van der Waals surface area contributed by atoms with Crippen molar-refractivity contribution in [2.45, 2.75) is 31.5 Å². The van der Waals surface area contributed by atoms with Crippen LogP contribution in [0.5, 0.6) is 0 Å². The second kappa shape index (κ2) is 10.3. The number of aliphatic hydroxyl groups is 1. The highest BCUT2D eigenvalue weighted by Crippen LogP contribution is 2.37. The fraction of sp³-hybridized carbons (Fsp3) is 0.286.